The number of hydrogen-bond donors (Lipinski definition) is 2. The quantitative estimate of drug-likeness (QED) is 0.690. The summed E-state index contributed by atoms with van der Waals surface area (Å²) >= 11 is 0. The van der Waals surface area contributed by atoms with E-state index in [1.807, 2.05) is 30.3 Å². The molecular weight excluding hydrogens is 192 g/mol. The van der Waals surface area contributed by atoms with Crippen LogP contribution in [0.1, 0.15) is 5.56 Å². The number of carbonyl (C=O) groups excluding carboxylic acids is 1. The Labute approximate surface area is 87.5 Å². The fraction of sp³-hybridized carbons (Fsp3) is 0.364. The average Bonchev–Trinajstić information content (AvgIpc) is 2.56. The maximum absolute atomic E-state index is 11.3. The van der Waals surface area contributed by atoms with Crippen molar-refractivity contribution in [2.75, 3.05) is 13.1 Å². The predicted molar refractivity (Wildman–Crippen MR) is 54.2 cm³/mol. The van der Waals surface area contributed by atoms with Gasteiger partial charge in [0.15, 0.2) is 0 Å². The first-order valence-corrected chi connectivity index (χ1v) is 5.04. The van der Waals surface area contributed by atoms with Crippen molar-refractivity contribution in [2.45, 2.75) is 11.6 Å². The average molecular weight is 204 g/mol. The van der Waals surface area contributed by atoms with Gasteiger partial charge in [0.05, 0.1) is 12.6 Å². The molecule has 1 aromatic carbocycles. The Bertz CT molecular complexity index is 406. The van der Waals surface area contributed by atoms with Gasteiger partial charge in [-0.05, 0) is 5.56 Å². The zero-order chi connectivity index (χ0) is 10.5. The number of aliphatic hydroxyl groups is 1. The molecule has 3 rings (SSSR count). The molecule has 0 aromatic heterocycles. The third kappa shape index (κ3) is 1.02. The molecule has 78 valence electrons. The topological polar surface area (TPSA) is 52.6 Å². The fourth-order valence-corrected chi connectivity index (χ4v) is 2.41. The highest BCUT2D eigenvalue weighted by atomic mass is 16.3. The van der Waals surface area contributed by atoms with Crippen LogP contribution < -0.4 is 5.32 Å². The number of hydrogen-bond acceptors (Lipinski definition) is 2. The minimum Gasteiger partial charge on any atom is -0.381 e. The Morgan fingerprint density at radius 1 is 1.40 bits per heavy atom. The summed E-state index contributed by atoms with van der Waals surface area (Å²) in [5, 5.41) is 13.2. The molecule has 0 spiro atoms. The van der Waals surface area contributed by atoms with Crippen LogP contribution in [-0.2, 0) is 5.60 Å². The number of urea groups is 1. The van der Waals surface area contributed by atoms with E-state index in [1.54, 1.807) is 4.90 Å². The largest absolute Gasteiger partial charge is 0.381 e. The first-order chi connectivity index (χ1) is 7.22. The van der Waals surface area contributed by atoms with Crippen molar-refractivity contribution in [1.82, 2.24) is 10.2 Å². The van der Waals surface area contributed by atoms with E-state index in [-0.39, 0.29) is 12.1 Å². The highest BCUT2D eigenvalue weighted by molar-refractivity contribution is 5.79. The molecule has 2 aliphatic heterocycles. The molecule has 0 radical (unpaired) electrons. The standard InChI is InChI=1S/C11H12N2O2/c14-10-12-6-9-11(15,7-13(9)10)8-4-2-1-3-5-8/h1-5,9,15H,6-7H2,(H,12,14)/t9-,11-/m1/s1. The van der Waals surface area contributed by atoms with E-state index in [1.165, 1.54) is 0 Å². The Kier molecular flexibility index (Phi) is 1.59. The van der Waals surface area contributed by atoms with Crippen molar-refractivity contribution in [3.05, 3.63) is 35.9 Å². The number of fused-ring (bicyclic) bond motifs is 1. The molecule has 15 heavy (non-hydrogen) atoms. The van der Waals surface area contributed by atoms with Crippen LogP contribution in [0.2, 0.25) is 0 Å². The van der Waals surface area contributed by atoms with Gasteiger partial charge in [-0.2, -0.15) is 0 Å². The number of amides is 2. The summed E-state index contributed by atoms with van der Waals surface area (Å²) in [6.07, 6.45) is 0. The molecule has 1 aromatic rings. The van der Waals surface area contributed by atoms with Crippen molar-refractivity contribution in [1.29, 1.82) is 0 Å². The number of rotatable bonds is 1. The minimum absolute atomic E-state index is 0.0689. The molecule has 2 heterocycles. The molecule has 0 aliphatic carbocycles. The second kappa shape index (κ2) is 2.73. The van der Waals surface area contributed by atoms with Gasteiger partial charge in [-0.15, -0.1) is 0 Å². The lowest BCUT2D eigenvalue weighted by molar-refractivity contribution is -0.119. The van der Waals surface area contributed by atoms with Gasteiger partial charge in [-0.1, -0.05) is 30.3 Å². The molecule has 0 saturated carbocycles. The predicted octanol–water partition coefficient (Wildman–Crippen LogP) is 0.282. The van der Waals surface area contributed by atoms with Crippen molar-refractivity contribution < 1.29 is 9.90 Å². The molecular formula is C11H12N2O2. The van der Waals surface area contributed by atoms with Gasteiger partial charge >= 0.3 is 6.03 Å². The van der Waals surface area contributed by atoms with E-state index in [4.69, 9.17) is 0 Å². The summed E-state index contributed by atoms with van der Waals surface area (Å²) in [5.41, 5.74) is 0.0307. The lowest BCUT2D eigenvalue weighted by Gasteiger charge is -2.49. The van der Waals surface area contributed by atoms with E-state index < -0.39 is 5.60 Å². The zero-order valence-electron chi connectivity index (χ0n) is 8.18. The van der Waals surface area contributed by atoms with Crippen molar-refractivity contribution in [3.63, 3.8) is 0 Å². The molecule has 2 aliphatic rings. The molecule has 2 fully saturated rings. The van der Waals surface area contributed by atoms with Crippen molar-refractivity contribution >= 4 is 6.03 Å². The fourth-order valence-electron chi connectivity index (χ4n) is 2.41. The number of carbonyl (C=O) groups is 1. The van der Waals surface area contributed by atoms with E-state index in [0.717, 1.165) is 5.56 Å². The van der Waals surface area contributed by atoms with Crippen LogP contribution in [0.5, 0.6) is 0 Å². The lowest BCUT2D eigenvalue weighted by atomic mass is 9.79. The maximum Gasteiger partial charge on any atom is 0.318 e. The molecule has 2 amide bonds. The summed E-state index contributed by atoms with van der Waals surface area (Å²) in [7, 11) is 0. The van der Waals surface area contributed by atoms with E-state index in [0.29, 0.717) is 13.1 Å². The molecule has 0 unspecified atom stereocenters. The van der Waals surface area contributed by atoms with Crippen molar-refractivity contribution in [2.24, 2.45) is 0 Å². The highest BCUT2D eigenvalue weighted by Crippen LogP contribution is 2.40. The van der Waals surface area contributed by atoms with Gasteiger partial charge < -0.3 is 15.3 Å². The summed E-state index contributed by atoms with van der Waals surface area (Å²) in [4.78, 5) is 12.9. The Morgan fingerprint density at radius 2 is 2.13 bits per heavy atom. The molecule has 4 nitrogen and oxygen atoms in total. The smallest absolute Gasteiger partial charge is 0.318 e. The van der Waals surface area contributed by atoms with Crippen LogP contribution in [0.15, 0.2) is 30.3 Å². The van der Waals surface area contributed by atoms with E-state index in [2.05, 4.69) is 5.32 Å². The normalized spacial score (nSPS) is 33.3. The van der Waals surface area contributed by atoms with Gasteiger partial charge in [-0.3, -0.25) is 0 Å². The van der Waals surface area contributed by atoms with Crippen molar-refractivity contribution in [3.8, 4) is 0 Å². The van der Waals surface area contributed by atoms with E-state index in [9.17, 15) is 9.90 Å². The van der Waals surface area contributed by atoms with Gasteiger partial charge in [0.1, 0.15) is 5.60 Å². The molecule has 2 atom stereocenters. The van der Waals surface area contributed by atoms with Crippen LogP contribution in [0.4, 0.5) is 4.79 Å². The van der Waals surface area contributed by atoms with Gasteiger partial charge in [0, 0.05) is 6.54 Å². The monoisotopic (exact) mass is 204 g/mol. The van der Waals surface area contributed by atoms with Crippen LogP contribution in [-0.4, -0.2) is 35.2 Å². The summed E-state index contributed by atoms with van der Waals surface area (Å²) in [6, 6.07) is 9.36. The Morgan fingerprint density at radius 3 is 2.80 bits per heavy atom. The summed E-state index contributed by atoms with van der Waals surface area (Å²) in [6.45, 7) is 0.928. The Balaban J connectivity index is 1.92. The molecule has 2 saturated heterocycles. The SMILES string of the molecule is O=C1NC[C@H]2N1C[C@@]2(O)c1ccccc1. The molecule has 0 bridgehead atoms. The Hall–Kier alpha value is -1.55. The number of nitrogens with zero attached hydrogens (tertiary/aromatic N) is 1. The van der Waals surface area contributed by atoms with Crippen LogP contribution in [0.25, 0.3) is 0 Å². The lowest BCUT2D eigenvalue weighted by Crippen LogP contribution is -2.66. The summed E-state index contributed by atoms with van der Waals surface area (Å²) in [5.74, 6) is 0. The first kappa shape index (κ1) is 8.73. The minimum atomic E-state index is -0.861. The molecule has 2 N–H and O–H groups in total. The third-order valence-electron chi connectivity index (χ3n) is 3.32. The first-order valence-electron chi connectivity index (χ1n) is 5.04. The summed E-state index contributed by atoms with van der Waals surface area (Å²) < 4.78 is 0. The van der Waals surface area contributed by atoms with Crippen LogP contribution >= 0.6 is 0 Å². The van der Waals surface area contributed by atoms with Crippen LogP contribution in [0, 0.1) is 0 Å². The van der Waals surface area contributed by atoms with Gasteiger partial charge in [0.25, 0.3) is 0 Å². The number of nitrogens with one attached hydrogen (secondary N) is 1. The van der Waals surface area contributed by atoms with Gasteiger partial charge in [-0.25, -0.2) is 4.79 Å². The molecule has 4 heteroatoms. The van der Waals surface area contributed by atoms with Crippen LogP contribution in [0.3, 0.4) is 0 Å². The zero-order valence-corrected chi connectivity index (χ0v) is 8.18. The third-order valence-corrected chi connectivity index (χ3v) is 3.32. The van der Waals surface area contributed by atoms with Gasteiger partial charge in [0.2, 0.25) is 0 Å². The maximum atomic E-state index is 11.3. The number of benzene rings is 1. The van der Waals surface area contributed by atoms with E-state index >= 15 is 0 Å². The second-order valence-electron chi connectivity index (χ2n) is 4.12. The second-order valence-corrected chi connectivity index (χ2v) is 4.12. The highest BCUT2D eigenvalue weighted by Gasteiger charge is 2.57.